The lowest BCUT2D eigenvalue weighted by Crippen LogP contribution is -2.25. The van der Waals surface area contributed by atoms with E-state index in [2.05, 4.69) is 0 Å². The zero-order chi connectivity index (χ0) is 15.6. The minimum atomic E-state index is -0.739. The van der Waals surface area contributed by atoms with Gasteiger partial charge in [-0.1, -0.05) is 12.1 Å². The third kappa shape index (κ3) is 2.58. The molecule has 1 heterocycles. The molecule has 0 bridgehead atoms. The maximum absolute atomic E-state index is 13.1. The smallest absolute Gasteiger partial charge is 0.338 e. The van der Waals surface area contributed by atoms with E-state index in [9.17, 15) is 14.4 Å². The minimum absolute atomic E-state index is 0.0722. The predicted molar refractivity (Wildman–Crippen MR) is 71.8 cm³/mol. The van der Waals surface area contributed by atoms with Crippen LogP contribution in [0.2, 0.25) is 0 Å². The van der Waals surface area contributed by atoms with Crippen LogP contribution < -0.4 is 5.73 Å². The van der Waals surface area contributed by atoms with Crippen LogP contribution in [0.15, 0.2) is 47.1 Å². The topological polar surface area (TPSA) is 85.3 Å². The molecule has 0 unspecified atom stereocenters. The van der Waals surface area contributed by atoms with E-state index in [1.807, 2.05) is 6.07 Å². The lowest BCUT2D eigenvalue weighted by atomic mass is 9.83. The average Bonchev–Trinajstić information content (AvgIpc) is 2.46. The number of hydrogen-bond donors (Lipinski definition) is 1. The molecule has 0 saturated heterocycles. The third-order valence-corrected chi connectivity index (χ3v) is 3.21. The maximum Gasteiger partial charge on any atom is 0.338 e. The second-order valence-corrected chi connectivity index (χ2v) is 4.44. The number of ether oxygens (including phenoxy) is 2. The molecule has 1 aliphatic rings. The van der Waals surface area contributed by atoms with Gasteiger partial charge in [0.2, 0.25) is 5.88 Å². The third-order valence-electron chi connectivity index (χ3n) is 3.21. The van der Waals surface area contributed by atoms with Gasteiger partial charge in [0.05, 0.1) is 18.6 Å². The molecule has 0 spiro atoms. The zero-order valence-corrected chi connectivity index (χ0v) is 11.5. The Labute approximate surface area is 121 Å². The van der Waals surface area contributed by atoms with Gasteiger partial charge in [-0.3, -0.25) is 0 Å². The van der Waals surface area contributed by atoms with Gasteiger partial charge in [0.25, 0.3) is 0 Å². The van der Waals surface area contributed by atoms with Crippen LogP contribution in [0.4, 0.5) is 4.39 Å². The Morgan fingerprint density at radius 2 is 2.05 bits per heavy atom. The summed E-state index contributed by atoms with van der Waals surface area (Å²) in [5, 5.41) is 9.29. The van der Waals surface area contributed by atoms with Crippen LogP contribution in [0.3, 0.4) is 0 Å². The first-order valence-electron chi connectivity index (χ1n) is 6.11. The zero-order valence-electron chi connectivity index (χ0n) is 11.5. The van der Waals surface area contributed by atoms with Gasteiger partial charge in [-0.25, -0.2) is 9.18 Å². The predicted octanol–water partition coefficient (Wildman–Crippen LogP) is 2.08. The first kappa shape index (κ1) is 14.6. The van der Waals surface area contributed by atoms with Crippen molar-refractivity contribution in [2.24, 2.45) is 5.73 Å². The lowest BCUT2D eigenvalue weighted by molar-refractivity contribution is -0.136. The molecule has 1 atom stereocenters. The highest BCUT2D eigenvalue weighted by Crippen LogP contribution is 2.39. The van der Waals surface area contributed by atoms with Crippen molar-refractivity contribution >= 4 is 5.97 Å². The number of nitrogens with zero attached hydrogens (tertiary/aromatic N) is 1. The van der Waals surface area contributed by atoms with Crippen LogP contribution in [0, 0.1) is 17.1 Å². The average molecular weight is 288 g/mol. The largest absolute Gasteiger partial charge is 0.466 e. The molecule has 0 saturated carbocycles. The van der Waals surface area contributed by atoms with Gasteiger partial charge in [0, 0.05) is 0 Å². The molecule has 2 rings (SSSR count). The van der Waals surface area contributed by atoms with E-state index in [-0.39, 0.29) is 22.8 Å². The molecule has 1 aromatic carbocycles. The van der Waals surface area contributed by atoms with Gasteiger partial charge in [-0.15, -0.1) is 0 Å². The Bertz CT molecular complexity index is 684. The number of rotatable bonds is 2. The highest BCUT2D eigenvalue weighted by molar-refractivity contribution is 5.92. The van der Waals surface area contributed by atoms with Crippen molar-refractivity contribution in [1.29, 1.82) is 5.26 Å². The molecular weight excluding hydrogens is 275 g/mol. The molecule has 108 valence electrons. The van der Waals surface area contributed by atoms with Crippen LogP contribution in [0.1, 0.15) is 18.4 Å². The SMILES string of the molecule is COC(=O)C1=C(C)OC(N)=C(C#N)[C@@H]1c1ccc(F)cc1. The number of methoxy groups -OCH3 is 1. The van der Waals surface area contributed by atoms with Crippen molar-refractivity contribution in [3.8, 4) is 6.07 Å². The lowest BCUT2D eigenvalue weighted by Gasteiger charge is -2.26. The van der Waals surface area contributed by atoms with Crippen molar-refractivity contribution in [3.05, 3.63) is 58.4 Å². The summed E-state index contributed by atoms with van der Waals surface area (Å²) in [6, 6.07) is 7.43. The van der Waals surface area contributed by atoms with E-state index in [1.54, 1.807) is 6.92 Å². The maximum atomic E-state index is 13.1. The van der Waals surface area contributed by atoms with Crippen molar-refractivity contribution in [2.45, 2.75) is 12.8 Å². The van der Waals surface area contributed by atoms with Crippen molar-refractivity contribution < 1.29 is 18.7 Å². The van der Waals surface area contributed by atoms with E-state index >= 15 is 0 Å². The molecule has 1 aromatic rings. The fraction of sp³-hybridized carbons (Fsp3) is 0.200. The summed E-state index contributed by atoms with van der Waals surface area (Å²) < 4.78 is 23.1. The number of benzene rings is 1. The molecule has 0 aromatic heterocycles. The summed E-state index contributed by atoms with van der Waals surface area (Å²) in [5.41, 5.74) is 6.54. The van der Waals surface area contributed by atoms with Crippen LogP contribution >= 0.6 is 0 Å². The van der Waals surface area contributed by atoms with E-state index in [0.717, 1.165) is 0 Å². The number of esters is 1. The highest BCUT2D eigenvalue weighted by atomic mass is 19.1. The number of hydrogen-bond acceptors (Lipinski definition) is 5. The first-order chi connectivity index (χ1) is 9.99. The van der Waals surface area contributed by atoms with Crippen LogP contribution in [-0.2, 0) is 14.3 Å². The number of halogens is 1. The van der Waals surface area contributed by atoms with Gasteiger partial charge in [-0.05, 0) is 24.6 Å². The Balaban J connectivity index is 2.63. The van der Waals surface area contributed by atoms with E-state index in [1.165, 1.54) is 31.4 Å². The number of carbonyl (C=O) groups excluding carboxylic acids is 1. The molecule has 2 N–H and O–H groups in total. The molecule has 1 aliphatic heterocycles. The van der Waals surface area contributed by atoms with Gasteiger partial charge in [0.15, 0.2) is 0 Å². The van der Waals surface area contributed by atoms with Crippen molar-refractivity contribution in [1.82, 2.24) is 0 Å². The van der Waals surface area contributed by atoms with Crippen molar-refractivity contribution in [2.75, 3.05) is 7.11 Å². The summed E-state index contributed by atoms with van der Waals surface area (Å²) in [6.45, 7) is 1.56. The van der Waals surface area contributed by atoms with Crippen LogP contribution in [0.25, 0.3) is 0 Å². The van der Waals surface area contributed by atoms with E-state index in [0.29, 0.717) is 5.56 Å². The number of allylic oxidation sites excluding steroid dienone is 2. The summed E-state index contributed by atoms with van der Waals surface area (Å²) >= 11 is 0. The first-order valence-corrected chi connectivity index (χ1v) is 6.11. The Hall–Kier alpha value is -2.81. The van der Waals surface area contributed by atoms with Gasteiger partial charge in [0.1, 0.15) is 23.2 Å². The molecule has 0 aliphatic carbocycles. The molecule has 0 fully saturated rings. The Morgan fingerprint density at radius 1 is 1.43 bits per heavy atom. The molecule has 21 heavy (non-hydrogen) atoms. The Kier molecular flexibility index (Phi) is 3.94. The molecule has 5 nitrogen and oxygen atoms in total. The number of carbonyl (C=O) groups is 1. The normalized spacial score (nSPS) is 18.1. The highest BCUT2D eigenvalue weighted by Gasteiger charge is 2.35. The Morgan fingerprint density at radius 3 is 2.57 bits per heavy atom. The summed E-state index contributed by atoms with van der Waals surface area (Å²) in [4.78, 5) is 12.0. The number of nitriles is 1. The van der Waals surface area contributed by atoms with Crippen molar-refractivity contribution in [3.63, 3.8) is 0 Å². The monoisotopic (exact) mass is 288 g/mol. The minimum Gasteiger partial charge on any atom is -0.466 e. The van der Waals surface area contributed by atoms with Gasteiger partial charge in [-0.2, -0.15) is 5.26 Å². The van der Waals surface area contributed by atoms with E-state index in [4.69, 9.17) is 15.2 Å². The standard InChI is InChI=1S/C15H13FN2O3/c1-8-12(15(19)20-2)13(11(7-17)14(18)21-8)9-3-5-10(16)6-4-9/h3-6,13H,18H2,1-2H3/t13-/m0/s1. The number of nitrogens with two attached hydrogens (primary N) is 1. The molecule has 6 heteroatoms. The second kappa shape index (κ2) is 5.67. The van der Waals surface area contributed by atoms with Crippen LogP contribution in [-0.4, -0.2) is 13.1 Å². The molecule has 0 amide bonds. The van der Waals surface area contributed by atoms with Gasteiger partial charge < -0.3 is 15.2 Å². The van der Waals surface area contributed by atoms with Crippen LogP contribution in [0.5, 0.6) is 0 Å². The summed E-state index contributed by atoms with van der Waals surface area (Å²) in [7, 11) is 1.23. The van der Waals surface area contributed by atoms with E-state index < -0.39 is 17.7 Å². The fourth-order valence-electron chi connectivity index (χ4n) is 2.24. The second-order valence-electron chi connectivity index (χ2n) is 4.44. The summed E-state index contributed by atoms with van der Waals surface area (Å²) in [6.07, 6.45) is 0. The molecule has 0 radical (unpaired) electrons. The summed E-state index contributed by atoms with van der Waals surface area (Å²) in [5.74, 6) is -1.59. The quantitative estimate of drug-likeness (QED) is 0.842. The van der Waals surface area contributed by atoms with Gasteiger partial charge >= 0.3 is 5.97 Å². The fourth-order valence-corrected chi connectivity index (χ4v) is 2.24. The molecular formula is C15H13FN2O3.